The van der Waals surface area contributed by atoms with E-state index < -0.39 is 5.97 Å². The predicted molar refractivity (Wildman–Crippen MR) is 82.4 cm³/mol. The van der Waals surface area contributed by atoms with Crippen molar-refractivity contribution in [3.8, 4) is 0 Å². The summed E-state index contributed by atoms with van der Waals surface area (Å²) in [6.45, 7) is 8.34. The third-order valence-corrected chi connectivity index (χ3v) is 3.94. The van der Waals surface area contributed by atoms with Crippen molar-refractivity contribution in [1.29, 1.82) is 0 Å². The number of carboxylic acids is 1. The van der Waals surface area contributed by atoms with Gasteiger partial charge in [-0.3, -0.25) is 4.79 Å². The van der Waals surface area contributed by atoms with E-state index in [9.17, 15) is 9.59 Å². The lowest BCUT2D eigenvalue weighted by Crippen LogP contribution is -2.47. The maximum atomic E-state index is 12.5. The van der Waals surface area contributed by atoms with E-state index >= 15 is 0 Å². The number of urea groups is 1. The number of nitrogens with zero attached hydrogens (tertiary/aromatic N) is 3. The minimum absolute atomic E-state index is 0.00501. The quantitative estimate of drug-likeness (QED) is 0.741. The third-order valence-electron chi connectivity index (χ3n) is 3.94. The molecule has 0 atom stereocenters. The number of aliphatic carboxylic acids is 1. The zero-order chi connectivity index (χ0) is 15.8. The molecule has 1 fully saturated rings. The molecule has 0 aliphatic carbocycles. The van der Waals surface area contributed by atoms with Crippen LogP contribution in [-0.2, 0) is 4.79 Å². The van der Waals surface area contributed by atoms with Gasteiger partial charge in [0.1, 0.15) is 0 Å². The van der Waals surface area contributed by atoms with Gasteiger partial charge in [-0.05, 0) is 46.2 Å². The fraction of sp³-hybridized carbons (Fsp3) is 0.867. The molecule has 0 spiro atoms. The lowest BCUT2D eigenvalue weighted by atomic mass is 10.2. The molecule has 2 amide bonds. The molecular weight excluding hydrogens is 270 g/mol. The molecule has 0 aromatic rings. The van der Waals surface area contributed by atoms with Crippen LogP contribution in [-0.4, -0.2) is 77.6 Å². The van der Waals surface area contributed by atoms with Crippen molar-refractivity contribution >= 4 is 12.0 Å². The van der Waals surface area contributed by atoms with Crippen LogP contribution in [0.1, 0.15) is 39.5 Å². The topological polar surface area (TPSA) is 64.1 Å². The molecular formula is C15H29N3O3. The monoisotopic (exact) mass is 299 g/mol. The van der Waals surface area contributed by atoms with Gasteiger partial charge in [-0.15, -0.1) is 0 Å². The zero-order valence-corrected chi connectivity index (χ0v) is 13.5. The van der Waals surface area contributed by atoms with Gasteiger partial charge in [0.05, 0.1) is 0 Å². The Morgan fingerprint density at radius 2 is 1.81 bits per heavy atom. The Morgan fingerprint density at radius 1 is 1.19 bits per heavy atom. The summed E-state index contributed by atoms with van der Waals surface area (Å²) in [4.78, 5) is 28.9. The Hall–Kier alpha value is -1.30. The lowest BCUT2D eigenvalue weighted by molar-refractivity contribution is -0.137. The fourth-order valence-corrected chi connectivity index (χ4v) is 2.59. The van der Waals surface area contributed by atoms with E-state index in [1.165, 1.54) is 12.8 Å². The standard InChI is InChI=1S/C15H29N3O3/c1-13(2)18(10-6-7-14(19)20)15(21)16(3)11-12-17-8-4-5-9-17/h13H,4-12H2,1-3H3,(H,19,20). The summed E-state index contributed by atoms with van der Waals surface area (Å²) in [5.74, 6) is -0.812. The maximum Gasteiger partial charge on any atom is 0.320 e. The summed E-state index contributed by atoms with van der Waals surface area (Å²) < 4.78 is 0. The third kappa shape index (κ3) is 6.33. The van der Waals surface area contributed by atoms with Gasteiger partial charge < -0.3 is 19.8 Å². The molecule has 0 unspecified atom stereocenters. The fourth-order valence-electron chi connectivity index (χ4n) is 2.59. The predicted octanol–water partition coefficient (Wildman–Crippen LogP) is 1.71. The van der Waals surface area contributed by atoms with E-state index in [4.69, 9.17) is 5.11 Å². The first-order valence-electron chi connectivity index (χ1n) is 7.87. The Kier molecular flexibility index (Phi) is 7.50. The van der Waals surface area contributed by atoms with E-state index in [1.807, 2.05) is 20.9 Å². The van der Waals surface area contributed by atoms with Crippen LogP contribution in [0.2, 0.25) is 0 Å². The number of likely N-dealkylation sites (N-methyl/N-ethyl adjacent to an activating group) is 1. The molecule has 1 aliphatic heterocycles. The van der Waals surface area contributed by atoms with Crippen molar-refractivity contribution in [3.63, 3.8) is 0 Å². The molecule has 0 saturated carbocycles. The molecule has 0 aromatic heterocycles. The van der Waals surface area contributed by atoms with Crippen LogP contribution in [0.4, 0.5) is 4.79 Å². The van der Waals surface area contributed by atoms with Crippen LogP contribution in [0.25, 0.3) is 0 Å². The van der Waals surface area contributed by atoms with Crippen molar-refractivity contribution in [2.24, 2.45) is 0 Å². The van der Waals surface area contributed by atoms with Crippen molar-refractivity contribution in [2.45, 2.75) is 45.6 Å². The van der Waals surface area contributed by atoms with Gasteiger partial charge in [-0.25, -0.2) is 4.79 Å². The van der Waals surface area contributed by atoms with Gasteiger partial charge in [-0.2, -0.15) is 0 Å². The van der Waals surface area contributed by atoms with E-state index in [0.29, 0.717) is 13.0 Å². The molecule has 1 saturated heterocycles. The number of hydrogen-bond donors (Lipinski definition) is 1. The van der Waals surface area contributed by atoms with Gasteiger partial charge in [-0.1, -0.05) is 0 Å². The summed E-state index contributed by atoms with van der Waals surface area (Å²) in [7, 11) is 1.82. The number of rotatable bonds is 8. The Morgan fingerprint density at radius 3 is 2.33 bits per heavy atom. The second-order valence-corrected chi connectivity index (χ2v) is 6.04. The largest absolute Gasteiger partial charge is 0.481 e. The summed E-state index contributed by atoms with van der Waals surface area (Å²) in [5, 5.41) is 8.70. The lowest BCUT2D eigenvalue weighted by Gasteiger charge is -2.32. The van der Waals surface area contributed by atoms with Crippen LogP contribution in [0.3, 0.4) is 0 Å². The molecule has 122 valence electrons. The Labute approximate surface area is 127 Å². The highest BCUT2D eigenvalue weighted by molar-refractivity contribution is 5.74. The Balaban J connectivity index is 2.40. The molecule has 6 heteroatoms. The first-order chi connectivity index (χ1) is 9.91. The minimum Gasteiger partial charge on any atom is -0.481 e. The molecule has 1 heterocycles. The van der Waals surface area contributed by atoms with Gasteiger partial charge in [0.2, 0.25) is 0 Å². The summed E-state index contributed by atoms with van der Waals surface area (Å²) in [5.41, 5.74) is 0. The first kappa shape index (κ1) is 17.8. The van der Waals surface area contributed by atoms with Crippen molar-refractivity contribution in [1.82, 2.24) is 14.7 Å². The number of carbonyl (C=O) groups excluding carboxylic acids is 1. The van der Waals surface area contributed by atoms with Crippen LogP contribution in [0, 0.1) is 0 Å². The highest BCUT2D eigenvalue weighted by atomic mass is 16.4. The second-order valence-electron chi connectivity index (χ2n) is 6.04. The van der Waals surface area contributed by atoms with Gasteiger partial charge in [0.15, 0.2) is 0 Å². The summed E-state index contributed by atoms with van der Waals surface area (Å²) >= 11 is 0. The average Bonchev–Trinajstić information content (AvgIpc) is 2.92. The van der Waals surface area contributed by atoms with E-state index in [-0.39, 0.29) is 18.5 Å². The number of amides is 2. The second kappa shape index (κ2) is 8.87. The highest BCUT2D eigenvalue weighted by Gasteiger charge is 2.21. The molecule has 0 bridgehead atoms. The molecule has 0 aromatic carbocycles. The zero-order valence-electron chi connectivity index (χ0n) is 13.5. The molecule has 1 N–H and O–H groups in total. The van der Waals surface area contributed by atoms with Crippen LogP contribution in [0.5, 0.6) is 0 Å². The van der Waals surface area contributed by atoms with E-state index in [1.54, 1.807) is 9.80 Å². The van der Waals surface area contributed by atoms with Crippen LogP contribution >= 0.6 is 0 Å². The number of hydrogen-bond acceptors (Lipinski definition) is 3. The normalized spacial score (nSPS) is 15.4. The number of carbonyl (C=O) groups is 2. The number of likely N-dealkylation sites (tertiary alicyclic amines) is 1. The smallest absolute Gasteiger partial charge is 0.320 e. The Bertz CT molecular complexity index is 341. The van der Waals surface area contributed by atoms with E-state index in [0.717, 1.165) is 26.2 Å². The van der Waals surface area contributed by atoms with Gasteiger partial charge in [0.25, 0.3) is 0 Å². The van der Waals surface area contributed by atoms with E-state index in [2.05, 4.69) is 4.90 Å². The highest BCUT2D eigenvalue weighted by Crippen LogP contribution is 2.09. The molecule has 1 rings (SSSR count). The summed E-state index contributed by atoms with van der Waals surface area (Å²) in [6.07, 6.45) is 3.11. The van der Waals surface area contributed by atoms with Crippen LogP contribution in [0.15, 0.2) is 0 Å². The van der Waals surface area contributed by atoms with Crippen molar-refractivity contribution in [2.75, 3.05) is 39.8 Å². The molecule has 1 aliphatic rings. The average molecular weight is 299 g/mol. The SMILES string of the molecule is CC(C)N(CCCC(=O)O)C(=O)N(C)CCN1CCCC1. The van der Waals surface area contributed by atoms with Crippen LogP contribution < -0.4 is 0 Å². The van der Waals surface area contributed by atoms with Crippen molar-refractivity contribution < 1.29 is 14.7 Å². The molecule has 0 radical (unpaired) electrons. The summed E-state index contributed by atoms with van der Waals surface area (Å²) in [6, 6.07) is 0.0788. The minimum atomic E-state index is -0.812. The van der Waals surface area contributed by atoms with Gasteiger partial charge in [0, 0.05) is 39.1 Å². The maximum absolute atomic E-state index is 12.5. The van der Waals surface area contributed by atoms with Gasteiger partial charge >= 0.3 is 12.0 Å². The first-order valence-corrected chi connectivity index (χ1v) is 7.87. The molecule has 6 nitrogen and oxygen atoms in total. The van der Waals surface area contributed by atoms with Crippen molar-refractivity contribution in [3.05, 3.63) is 0 Å². The number of carboxylic acid groups (broad SMARTS) is 1. The molecule has 21 heavy (non-hydrogen) atoms.